The number of allylic oxidation sites excluding steroid dienone is 2. The summed E-state index contributed by atoms with van der Waals surface area (Å²) in [4.78, 5) is 31.8. The number of carbonyl (C=O) groups excluding carboxylic acids is 2. The van der Waals surface area contributed by atoms with Gasteiger partial charge in [0.1, 0.15) is 5.92 Å². The summed E-state index contributed by atoms with van der Waals surface area (Å²) in [5.41, 5.74) is 3.12. The van der Waals surface area contributed by atoms with Gasteiger partial charge in [0.2, 0.25) is 0 Å². The molecule has 7 heteroatoms. The van der Waals surface area contributed by atoms with Crippen molar-refractivity contribution in [3.63, 3.8) is 0 Å². The minimum atomic E-state index is -0.580. The molecule has 2 aromatic rings. The van der Waals surface area contributed by atoms with Gasteiger partial charge in [-0.1, -0.05) is 12.1 Å². The van der Waals surface area contributed by atoms with Gasteiger partial charge in [0, 0.05) is 34.2 Å². The zero-order chi connectivity index (χ0) is 22.1. The van der Waals surface area contributed by atoms with Gasteiger partial charge in [0.15, 0.2) is 17.3 Å². The maximum atomic E-state index is 13.4. The predicted molar refractivity (Wildman–Crippen MR) is 119 cm³/mol. The van der Waals surface area contributed by atoms with Gasteiger partial charge in [0.25, 0.3) is 0 Å². The molecule has 162 valence electrons. The van der Waals surface area contributed by atoms with E-state index in [-0.39, 0.29) is 23.6 Å². The molecule has 0 fully saturated rings. The van der Waals surface area contributed by atoms with Gasteiger partial charge in [-0.15, -0.1) is 11.3 Å². The number of methoxy groups -OCH3 is 3. The molecular formula is C24H25NO5S. The molecule has 0 saturated heterocycles. The van der Waals surface area contributed by atoms with E-state index in [4.69, 9.17) is 19.2 Å². The van der Waals surface area contributed by atoms with Gasteiger partial charge >= 0.3 is 5.97 Å². The van der Waals surface area contributed by atoms with Crippen LogP contribution in [0.3, 0.4) is 0 Å². The Labute approximate surface area is 185 Å². The van der Waals surface area contributed by atoms with Crippen LogP contribution in [0, 0.1) is 5.92 Å². The lowest BCUT2D eigenvalue weighted by Crippen LogP contribution is -2.37. The van der Waals surface area contributed by atoms with E-state index in [1.54, 1.807) is 25.6 Å². The molecule has 0 N–H and O–H groups in total. The molecule has 1 aromatic heterocycles. The Morgan fingerprint density at radius 1 is 1.10 bits per heavy atom. The van der Waals surface area contributed by atoms with Crippen molar-refractivity contribution >= 4 is 28.8 Å². The lowest BCUT2D eigenvalue weighted by molar-refractivity contribution is -0.143. The standard InChI is InChI=1S/C24H25NO5S/c1-13-21(24(27)30-4)23(20-6-5-9-31-20)22-16(25-13)10-15(11-17(22)26)14-7-8-18(28-2)19(12-14)29-3/h5-9,12,15,21,23H,10-11H2,1-4H3. The number of Topliss-reactive ketones (excluding diaryl/α,β-unsaturated/α-hetero) is 1. The van der Waals surface area contributed by atoms with Gasteiger partial charge in [0.05, 0.1) is 21.3 Å². The molecule has 1 aromatic carbocycles. The monoisotopic (exact) mass is 439 g/mol. The average Bonchev–Trinajstić information content (AvgIpc) is 3.31. The molecule has 4 rings (SSSR count). The van der Waals surface area contributed by atoms with Crippen LogP contribution in [0.5, 0.6) is 11.5 Å². The smallest absolute Gasteiger partial charge is 0.315 e. The first-order valence-corrected chi connectivity index (χ1v) is 11.0. The van der Waals surface area contributed by atoms with Gasteiger partial charge in [-0.05, 0) is 48.4 Å². The molecule has 0 radical (unpaired) electrons. The second-order valence-electron chi connectivity index (χ2n) is 7.75. The number of rotatable bonds is 5. The van der Waals surface area contributed by atoms with Crippen LogP contribution in [-0.2, 0) is 14.3 Å². The molecule has 1 aliphatic heterocycles. The van der Waals surface area contributed by atoms with E-state index in [9.17, 15) is 9.59 Å². The lowest BCUT2D eigenvalue weighted by atomic mass is 9.71. The Morgan fingerprint density at radius 2 is 1.87 bits per heavy atom. The fraction of sp³-hybridized carbons (Fsp3) is 0.375. The fourth-order valence-corrected chi connectivity index (χ4v) is 5.48. The normalized spacial score (nSPS) is 23.2. The van der Waals surface area contributed by atoms with E-state index in [1.165, 1.54) is 7.11 Å². The Bertz CT molecular complexity index is 1070. The molecule has 3 unspecified atom stereocenters. The van der Waals surface area contributed by atoms with Crippen molar-refractivity contribution in [3.8, 4) is 11.5 Å². The van der Waals surface area contributed by atoms with E-state index < -0.39 is 5.92 Å². The Morgan fingerprint density at radius 3 is 2.52 bits per heavy atom. The molecular weight excluding hydrogens is 414 g/mol. The number of hydrogen-bond donors (Lipinski definition) is 0. The van der Waals surface area contributed by atoms with Gasteiger partial charge in [-0.25, -0.2) is 0 Å². The van der Waals surface area contributed by atoms with Crippen LogP contribution in [0.2, 0.25) is 0 Å². The summed E-state index contributed by atoms with van der Waals surface area (Å²) in [6.45, 7) is 1.84. The summed E-state index contributed by atoms with van der Waals surface area (Å²) < 4.78 is 15.8. The molecule has 31 heavy (non-hydrogen) atoms. The Balaban J connectivity index is 1.75. The van der Waals surface area contributed by atoms with Crippen LogP contribution in [0.15, 0.2) is 52.0 Å². The minimum Gasteiger partial charge on any atom is -0.493 e. The first-order chi connectivity index (χ1) is 15.0. The highest BCUT2D eigenvalue weighted by Gasteiger charge is 2.45. The number of esters is 1. The number of thiophene rings is 1. The van der Waals surface area contributed by atoms with Crippen LogP contribution in [-0.4, -0.2) is 38.8 Å². The zero-order valence-corrected chi connectivity index (χ0v) is 18.8. The second-order valence-corrected chi connectivity index (χ2v) is 8.73. The summed E-state index contributed by atoms with van der Waals surface area (Å²) in [5.74, 6) is 0.0194. The van der Waals surface area contributed by atoms with Crippen LogP contribution in [0.25, 0.3) is 0 Å². The highest BCUT2D eigenvalue weighted by atomic mass is 32.1. The lowest BCUT2D eigenvalue weighted by Gasteiger charge is -2.35. The summed E-state index contributed by atoms with van der Waals surface area (Å²) >= 11 is 1.55. The highest BCUT2D eigenvalue weighted by molar-refractivity contribution is 7.10. The van der Waals surface area contributed by atoms with E-state index in [0.29, 0.717) is 35.6 Å². The van der Waals surface area contributed by atoms with E-state index in [2.05, 4.69) is 0 Å². The van der Waals surface area contributed by atoms with Crippen molar-refractivity contribution in [2.45, 2.75) is 31.6 Å². The number of carbonyl (C=O) groups is 2. The summed E-state index contributed by atoms with van der Waals surface area (Å²) in [5, 5.41) is 1.96. The molecule has 6 nitrogen and oxygen atoms in total. The number of ether oxygens (including phenoxy) is 3. The van der Waals surface area contributed by atoms with E-state index in [0.717, 1.165) is 16.1 Å². The molecule has 3 atom stereocenters. The topological polar surface area (TPSA) is 74.2 Å². The molecule has 2 aliphatic rings. The molecule has 0 bridgehead atoms. The third-order valence-corrected chi connectivity index (χ3v) is 7.03. The Hall–Kier alpha value is -2.93. The summed E-state index contributed by atoms with van der Waals surface area (Å²) in [6, 6.07) is 9.67. The molecule has 0 saturated carbocycles. The van der Waals surface area contributed by atoms with Crippen LogP contribution in [0.4, 0.5) is 0 Å². The largest absolute Gasteiger partial charge is 0.493 e. The fourth-order valence-electron chi connectivity index (χ4n) is 4.61. The molecule has 2 heterocycles. The molecule has 0 spiro atoms. The van der Waals surface area contributed by atoms with Gasteiger partial charge in [-0.2, -0.15) is 0 Å². The van der Waals surface area contributed by atoms with Crippen molar-refractivity contribution in [1.82, 2.24) is 0 Å². The predicted octanol–water partition coefficient (Wildman–Crippen LogP) is 4.51. The van der Waals surface area contributed by atoms with E-state index in [1.807, 2.05) is 42.6 Å². The van der Waals surface area contributed by atoms with Crippen molar-refractivity contribution in [1.29, 1.82) is 0 Å². The van der Waals surface area contributed by atoms with Crippen LogP contribution < -0.4 is 9.47 Å². The zero-order valence-electron chi connectivity index (χ0n) is 18.0. The van der Waals surface area contributed by atoms with Crippen molar-refractivity contribution in [2.24, 2.45) is 10.9 Å². The van der Waals surface area contributed by atoms with Crippen molar-refractivity contribution in [2.75, 3.05) is 21.3 Å². The first kappa shape index (κ1) is 21.3. The number of benzene rings is 1. The van der Waals surface area contributed by atoms with Crippen molar-refractivity contribution < 1.29 is 23.8 Å². The summed E-state index contributed by atoms with van der Waals surface area (Å²) in [7, 11) is 4.57. The quantitative estimate of drug-likeness (QED) is 0.641. The SMILES string of the molecule is COC(=O)C1C(C)=NC2=C(C(=O)CC(c3ccc(OC)c(OC)c3)C2)C1c1cccs1. The maximum absolute atomic E-state index is 13.4. The number of aliphatic imine (C=N–C) groups is 1. The molecule has 1 aliphatic carbocycles. The third-order valence-electron chi connectivity index (χ3n) is 6.07. The highest BCUT2D eigenvalue weighted by Crippen LogP contribution is 2.48. The number of nitrogens with zero attached hydrogens (tertiary/aromatic N) is 1. The van der Waals surface area contributed by atoms with Crippen LogP contribution >= 0.6 is 11.3 Å². The van der Waals surface area contributed by atoms with Gasteiger partial charge in [-0.3, -0.25) is 14.6 Å². The third kappa shape index (κ3) is 3.78. The van der Waals surface area contributed by atoms with E-state index >= 15 is 0 Å². The second kappa shape index (κ2) is 8.67. The first-order valence-electron chi connectivity index (χ1n) is 10.1. The number of hydrogen-bond acceptors (Lipinski definition) is 7. The molecule has 0 amide bonds. The van der Waals surface area contributed by atoms with Gasteiger partial charge < -0.3 is 14.2 Å². The Kier molecular flexibility index (Phi) is 5.96. The summed E-state index contributed by atoms with van der Waals surface area (Å²) in [6.07, 6.45) is 0.988. The maximum Gasteiger partial charge on any atom is 0.315 e. The average molecular weight is 440 g/mol. The van der Waals surface area contributed by atoms with Crippen LogP contribution in [0.1, 0.15) is 42.0 Å². The van der Waals surface area contributed by atoms with Crippen molar-refractivity contribution in [3.05, 3.63) is 57.4 Å². The minimum absolute atomic E-state index is 0.0127. The number of ketones is 1.